The van der Waals surface area contributed by atoms with Gasteiger partial charge in [0.1, 0.15) is 11.6 Å². The Kier molecular flexibility index (Phi) is 5.68. The van der Waals surface area contributed by atoms with E-state index in [0.717, 1.165) is 11.1 Å². The number of phenols is 1. The maximum atomic E-state index is 12.4. The molecule has 1 amide bonds. The van der Waals surface area contributed by atoms with E-state index in [1.807, 2.05) is 38.1 Å². The van der Waals surface area contributed by atoms with Crippen LogP contribution in [0.2, 0.25) is 5.02 Å². The molecule has 0 unspecified atom stereocenters. The quantitative estimate of drug-likeness (QED) is 0.634. The number of nitrogens with zero attached hydrogens (tertiary/aromatic N) is 1. The largest absolute Gasteiger partial charge is 0.503 e. The predicted octanol–water partition coefficient (Wildman–Crippen LogP) is 4.22. The van der Waals surface area contributed by atoms with E-state index in [0.29, 0.717) is 11.3 Å². The number of hydrogen-bond acceptors (Lipinski definition) is 4. The lowest BCUT2D eigenvalue weighted by Gasteiger charge is -2.11. The van der Waals surface area contributed by atoms with Gasteiger partial charge in [-0.3, -0.25) is 4.79 Å². The highest BCUT2D eigenvalue weighted by molar-refractivity contribution is 6.32. The van der Waals surface area contributed by atoms with Crippen LogP contribution in [0.3, 0.4) is 0 Å². The molecule has 2 aromatic rings. The molecule has 0 radical (unpaired) electrons. The van der Waals surface area contributed by atoms with Gasteiger partial charge in [0.15, 0.2) is 11.5 Å². The molecule has 0 aliphatic rings. The summed E-state index contributed by atoms with van der Waals surface area (Å²) < 4.78 is 5.02. The number of halogens is 1. The Bertz CT molecular complexity index is 878. The molecule has 0 saturated carbocycles. The van der Waals surface area contributed by atoms with Crippen molar-refractivity contribution in [2.75, 3.05) is 12.4 Å². The van der Waals surface area contributed by atoms with Gasteiger partial charge >= 0.3 is 0 Å². The number of carbonyl (C=O) groups excluding carboxylic acids is 1. The van der Waals surface area contributed by atoms with Crippen LogP contribution in [0.15, 0.2) is 35.9 Å². The second-order valence-corrected chi connectivity index (χ2v) is 5.85. The minimum absolute atomic E-state index is 0.0676. The van der Waals surface area contributed by atoms with Gasteiger partial charge in [0, 0.05) is 5.69 Å². The molecule has 2 rings (SSSR count). The zero-order valence-electron chi connectivity index (χ0n) is 14.1. The summed E-state index contributed by atoms with van der Waals surface area (Å²) in [7, 11) is 1.39. The molecule has 0 heterocycles. The molecule has 2 N–H and O–H groups in total. The van der Waals surface area contributed by atoms with Crippen LogP contribution in [0, 0.1) is 25.2 Å². The summed E-state index contributed by atoms with van der Waals surface area (Å²) in [6.07, 6.45) is 1.39. The van der Waals surface area contributed by atoms with Gasteiger partial charge in [0.25, 0.3) is 5.91 Å². The van der Waals surface area contributed by atoms with Crippen LogP contribution >= 0.6 is 11.6 Å². The van der Waals surface area contributed by atoms with Gasteiger partial charge in [-0.05, 0) is 48.7 Å². The molecule has 6 heteroatoms. The summed E-state index contributed by atoms with van der Waals surface area (Å²) in [5, 5.41) is 21.9. The smallest absolute Gasteiger partial charge is 0.266 e. The van der Waals surface area contributed by atoms with Gasteiger partial charge in [0.2, 0.25) is 0 Å². The fraction of sp³-hybridized carbons (Fsp3) is 0.158. The van der Waals surface area contributed by atoms with Gasteiger partial charge in [0.05, 0.1) is 12.1 Å². The van der Waals surface area contributed by atoms with Crippen LogP contribution in [0.5, 0.6) is 11.5 Å². The summed E-state index contributed by atoms with van der Waals surface area (Å²) in [5.74, 6) is -0.561. The van der Waals surface area contributed by atoms with Gasteiger partial charge in [-0.1, -0.05) is 29.8 Å². The van der Waals surface area contributed by atoms with E-state index >= 15 is 0 Å². The highest BCUT2D eigenvalue weighted by atomic mass is 35.5. The number of rotatable bonds is 4. The second-order valence-electron chi connectivity index (χ2n) is 5.44. The number of nitrogens with one attached hydrogen (secondary N) is 1. The van der Waals surface area contributed by atoms with Crippen LogP contribution in [0.4, 0.5) is 5.69 Å². The Labute approximate surface area is 151 Å². The number of hydrogen-bond donors (Lipinski definition) is 2. The average Bonchev–Trinajstić information content (AvgIpc) is 2.58. The van der Waals surface area contributed by atoms with Crippen molar-refractivity contribution in [1.82, 2.24) is 0 Å². The summed E-state index contributed by atoms with van der Waals surface area (Å²) in [5.41, 5.74) is 2.86. The number of para-hydroxylation sites is 1. The molecule has 0 saturated heterocycles. The summed E-state index contributed by atoms with van der Waals surface area (Å²) >= 11 is 5.93. The topological polar surface area (TPSA) is 82.3 Å². The van der Waals surface area contributed by atoms with E-state index in [9.17, 15) is 15.2 Å². The minimum atomic E-state index is -0.525. The summed E-state index contributed by atoms with van der Waals surface area (Å²) in [4.78, 5) is 12.4. The Hall–Kier alpha value is -2.97. The van der Waals surface area contributed by atoms with E-state index in [-0.39, 0.29) is 22.1 Å². The van der Waals surface area contributed by atoms with Crippen LogP contribution < -0.4 is 10.1 Å². The zero-order chi connectivity index (χ0) is 18.6. The maximum Gasteiger partial charge on any atom is 0.266 e. The van der Waals surface area contributed by atoms with E-state index in [1.165, 1.54) is 25.3 Å². The third kappa shape index (κ3) is 4.11. The van der Waals surface area contributed by atoms with E-state index in [4.69, 9.17) is 16.3 Å². The zero-order valence-corrected chi connectivity index (χ0v) is 14.8. The molecule has 0 atom stereocenters. The number of phenolic OH excluding ortho intramolecular Hbond substituents is 1. The standard InChI is InChI=1S/C19H17ClN2O3/c1-11-5-4-6-12(2)17(11)22-19(24)14(10-21)7-13-8-15(20)18(23)16(9-13)25-3/h4-9,23H,1-3H3,(H,22,24)/b14-7+. The lowest BCUT2D eigenvalue weighted by Crippen LogP contribution is -2.15. The first-order valence-corrected chi connectivity index (χ1v) is 7.81. The molecular formula is C19H17ClN2O3. The number of amides is 1. The van der Waals surface area contributed by atoms with Crippen molar-refractivity contribution in [3.63, 3.8) is 0 Å². The van der Waals surface area contributed by atoms with Gasteiger partial charge in [-0.25, -0.2) is 0 Å². The Morgan fingerprint density at radius 3 is 2.52 bits per heavy atom. The Morgan fingerprint density at radius 2 is 1.96 bits per heavy atom. The van der Waals surface area contributed by atoms with Crippen LogP contribution in [-0.4, -0.2) is 18.1 Å². The van der Waals surface area contributed by atoms with Gasteiger partial charge in [-0.15, -0.1) is 0 Å². The molecule has 0 fully saturated rings. The van der Waals surface area contributed by atoms with Crippen molar-refractivity contribution in [3.8, 4) is 17.6 Å². The third-order valence-corrected chi connectivity index (χ3v) is 3.95. The molecule has 25 heavy (non-hydrogen) atoms. The normalized spacial score (nSPS) is 10.9. The first kappa shape index (κ1) is 18.4. The predicted molar refractivity (Wildman–Crippen MR) is 97.8 cm³/mol. The summed E-state index contributed by atoms with van der Waals surface area (Å²) in [6.45, 7) is 3.76. The van der Waals surface area contributed by atoms with E-state index in [1.54, 1.807) is 0 Å². The number of aryl methyl sites for hydroxylation is 2. The minimum Gasteiger partial charge on any atom is -0.503 e. The second kappa shape index (κ2) is 7.73. The van der Waals surface area contributed by atoms with Crippen molar-refractivity contribution in [3.05, 3.63) is 57.6 Å². The highest BCUT2D eigenvalue weighted by Gasteiger charge is 2.14. The van der Waals surface area contributed by atoms with Crippen molar-refractivity contribution >= 4 is 29.3 Å². The number of nitriles is 1. The monoisotopic (exact) mass is 356 g/mol. The number of anilines is 1. The van der Waals surface area contributed by atoms with Crippen molar-refractivity contribution in [2.45, 2.75) is 13.8 Å². The van der Waals surface area contributed by atoms with Crippen LogP contribution in [0.25, 0.3) is 6.08 Å². The highest BCUT2D eigenvalue weighted by Crippen LogP contribution is 2.35. The molecule has 0 spiro atoms. The SMILES string of the molecule is COc1cc(/C=C(\C#N)C(=O)Nc2c(C)cccc2C)cc(Cl)c1O. The molecule has 2 aromatic carbocycles. The number of carbonyl (C=O) groups is 1. The average molecular weight is 357 g/mol. The first-order chi connectivity index (χ1) is 11.9. The molecule has 0 aliphatic heterocycles. The number of ether oxygens (including phenoxy) is 1. The molecule has 0 aromatic heterocycles. The van der Waals surface area contributed by atoms with Crippen molar-refractivity contribution in [2.24, 2.45) is 0 Å². The lowest BCUT2D eigenvalue weighted by molar-refractivity contribution is -0.112. The van der Waals surface area contributed by atoms with Crippen LogP contribution in [-0.2, 0) is 4.79 Å². The van der Waals surface area contributed by atoms with Gasteiger partial charge < -0.3 is 15.2 Å². The number of benzene rings is 2. The number of methoxy groups -OCH3 is 1. The summed E-state index contributed by atoms with van der Waals surface area (Å²) in [6, 6.07) is 10.5. The first-order valence-electron chi connectivity index (χ1n) is 7.43. The van der Waals surface area contributed by atoms with Crippen molar-refractivity contribution in [1.29, 1.82) is 5.26 Å². The molecule has 128 valence electrons. The third-order valence-electron chi connectivity index (χ3n) is 3.67. The Morgan fingerprint density at radius 1 is 1.32 bits per heavy atom. The molecule has 0 aliphatic carbocycles. The van der Waals surface area contributed by atoms with Crippen LogP contribution in [0.1, 0.15) is 16.7 Å². The van der Waals surface area contributed by atoms with Crippen molar-refractivity contribution < 1.29 is 14.6 Å². The lowest BCUT2D eigenvalue weighted by atomic mass is 10.1. The maximum absolute atomic E-state index is 12.4. The number of aromatic hydroxyl groups is 1. The fourth-order valence-electron chi connectivity index (χ4n) is 2.34. The van der Waals surface area contributed by atoms with E-state index < -0.39 is 5.91 Å². The van der Waals surface area contributed by atoms with Gasteiger partial charge in [-0.2, -0.15) is 5.26 Å². The molecule has 5 nitrogen and oxygen atoms in total. The Balaban J connectivity index is 2.36. The fourth-order valence-corrected chi connectivity index (χ4v) is 2.56. The molecule has 0 bridgehead atoms. The van der Waals surface area contributed by atoms with E-state index in [2.05, 4.69) is 5.32 Å². The molecular weight excluding hydrogens is 340 g/mol.